The predicted octanol–water partition coefficient (Wildman–Crippen LogP) is 1.87. The molecule has 0 spiro atoms. The topological polar surface area (TPSA) is 93.7 Å². The molecule has 0 radical (unpaired) electrons. The Morgan fingerprint density at radius 2 is 1.78 bits per heavy atom. The van der Waals surface area contributed by atoms with Crippen molar-refractivity contribution in [3.8, 4) is 5.75 Å². The van der Waals surface area contributed by atoms with Gasteiger partial charge in [0.25, 0.3) is 5.91 Å². The molecule has 1 atom stereocenters. The average molecular weight is 322 g/mol. The summed E-state index contributed by atoms with van der Waals surface area (Å²) in [6.45, 7) is 6.10. The molecule has 1 aromatic carbocycles. The van der Waals surface area contributed by atoms with E-state index >= 15 is 0 Å². The van der Waals surface area contributed by atoms with Crippen molar-refractivity contribution in [2.24, 2.45) is 0 Å². The Morgan fingerprint density at radius 1 is 1.13 bits per heavy atom. The Morgan fingerprint density at radius 3 is 2.35 bits per heavy atom. The Kier molecular flexibility index (Phi) is 7.59. The number of carbonyl (C=O) groups excluding carboxylic acids is 3. The molecule has 0 saturated carbocycles. The maximum absolute atomic E-state index is 12.0. The molecular formula is C16H22N2O5. The van der Waals surface area contributed by atoms with Crippen LogP contribution in [0, 0.1) is 0 Å². The van der Waals surface area contributed by atoms with Crippen molar-refractivity contribution in [2.75, 3.05) is 13.2 Å². The van der Waals surface area contributed by atoms with Crippen molar-refractivity contribution in [3.05, 3.63) is 29.8 Å². The molecule has 126 valence electrons. The summed E-state index contributed by atoms with van der Waals surface area (Å²) in [6.07, 6.45) is -0.191. The highest BCUT2D eigenvalue weighted by Crippen LogP contribution is 2.13. The lowest BCUT2D eigenvalue weighted by molar-refractivity contribution is -0.127. The minimum atomic E-state index is -1.08. The molecule has 0 aromatic heterocycles. The van der Waals surface area contributed by atoms with Gasteiger partial charge in [0.1, 0.15) is 5.75 Å². The first-order chi connectivity index (χ1) is 11.0. The summed E-state index contributed by atoms with van der Waals surface area (Å²) < 4.78 is 10.4. The quantitative estimate of drug-likeness (QED) is 0.747. The molecule has 1 aromatic rings. The Hall–Kier alpha value is -2.57. The number of ether oxygens (including phenoxy) is 2. The summed E-state index contributed by atoms with van der Waals surface area (Å²) in [4.78, 5) is 34.9. The predicted molar refractivity (Wildman–Crippen MR) is 84.3 cm³/mol. The number of amides is 3. The van der Waals surface area contributed by atoms with Gasteiger partial charge in [-0.2, -0.15) is 0 Å². The molecule has 0 aliphatic rings. The third-order valence-electron chi connectivity index (χ3n) is 2.79. The van der Waals surface area contributed by atoms with Gasteiger partial charge in [-0.3, -0.25) is 10.1 Å². The van der Waals surface area contributed by atoms with Gasteiger partial charge in [-0.05, 0) is 44.5 Å². The highest BCUT2D eigenvalue weighted by molar-refractivity contribution is 5.98. The first-order valence-electron chi connectivity index (χ1n) is 7.50. The molecule has 0 bridgehead atoms. The Bertz CT molecular complexity index is 542. The van der Waals surface area contributed by atoms with Crippen LogP contribution in [0.1, 0.15) is 37.6 Å². The number of hydrogen-bond donors (Lipinski definition) is 2. The number of rotatable bonds is 7. The zero-order chi connectivity index (χ0) is 17.2. The maximum atomic E-state index is 12.0. The smallest absolute Gasteiger partial charge is 0.338 e. The van der Waals surface area contributed by atoms with Crippen LogP contribution in [0.15, 0.2) is 24.3 Å². The van der Waals surface area contributed by atoms with Crippen molar-refractivity contribution in [1.29, 1.82) is 0 Å². The van der Waals surface area contributed by atoms with Gasteiger partial charge in [0, 0.05) is 6.54 Å². The first kappa shape index (κ1) is 18.5. The van der Waals surface area contributed by atoms with E-state index in [1.54, 1.807) is 31.2 Å². The van der Waals surface area contributed by atoms with E-state index in [0.717, 1.165) is 6.42 Å². The normalized spacial score (nSPS) is 11.3. The molecular weight excluding hydrogens is 300 g/mol. The highest BCUT2D eigenvalue weighted by atomic mass is 16.5. The van der Waals surface area contributed by atoms with Crippen LogP contribution in [-0.2, 0) is 9.53 Å². The number of carbonyl (C=O) groups is 3. The largest absolute Gasteiger partial charge is 0.494 e. The lowest BCUT2D eigenvalue weighted by Gasteiger charge is -2.13. The van der Waals surface area contributed by atoms with E-state index in [1.807, 2.05) is 6.92 Å². The number of imide groups is 1. The highest BCUT2D eigenvalue weighted by Gasteiger charge is 2.20. The van der Waals surface area contributed by atoms with Crippen LogP contribution in [0.25, 0.3) is 0 Å². The van der Waals surface area contributed by atoms with Crippen LogP contribution < -0.4 is 15.4 Å². The van der Waals surface area contributed by atoms with Crippen LogP contribution in [0.2, 0.25) is 0 Å². The number of hydrogen-bond acceptors (Lipinski definition) is 5. The fourth-order valence-corrected chi connectivity index (χ4v) is 1.61. The summed E-state index contributed by atoms with van der Waals surface area (Å²) in [7, 11) is 0. The molecule has 7 nitrogen and oxygen atoms in total. The summed E-state index contributed by atoms with van der Waals surface area (Å²) >= 11 is 0. The third-order valence-corrected chi connectivity index (χ3v) is 2.79. The molecule has 23 heavy (non-hydrogen) atoms. The molecule has 0 fully saturated rings. The van der Waals surface area contributed by atoms with Gasteiger partial charge in [0.05, 0.1) is 12.2 Å². The number of benzene rings is 1. The first-order valence-corrected chi connectivity index (χ1v) is 7.50. The minimum Gasteiger partial charge on any atom is -0.494 e. The third kappa shape index (κ3) is 6.37. The van der Waals surface area contributed by atoms with Crippen molar-refractivity contribution in [1.82, 2.24) is 10.6 Å². The average Bonchev–Trinajstić information content (AvgIpc) is 2.53. The van der Waals surface area contributed by atoms with E-state index in [0.29, 0.717) is 24.5 Å². The van der Waals surface area contributed by atoms with Gasteiger partial charge in [0.15, 0.2) is 6.10 Å². The van der Waals surface area contributed by atoms with Crippen molar-refractivity contribution in [2.45, 2.75) is 33.3 Å². The molecule has 0 aliphatic carbocycles. The van der Waals surface area contributed by atoms with E-state index in [2.05, 4.69) is 10.6 Å². The maximum Gasteiger partial charge on any atom is 0.338 e. The fourth-order valence-electron chi connectivity index (χ4n) is 1.61. The summed E-state index contributed by atoms with van der Waals surface area (Å²) in [5.74, 6) is -0.678. The van der Waals surface area contributed by atoms with E-state index in [9.17, 15) is 14.4 Å². The zero-order valence-corrected chi connectivity index (χ0v) is 13.5. The minimum absolute atomic E-state index is 0.298. The zero-order valence-electron chi connectivity index (χ0n) is 13.5. The second-order valence-electron chi connectivity index (χ2n) is 4.77. The molecule has 1 unspecified atom stereocenters. The Labute approximate surface area is 135 Å². The second-order valence-corrected chi connectivity index (χ2v) is 4.77. The second kappa shape index (κ2) is 9.45. The van der Waals surface area contributed by atoms with E-state index < -0.39 is 24.0 Å². The molecule has 7 heteroatoms. The molecule has 0 heterocycles. The number of urea groups is 1. The van der Waals surface area contributed by atoms with Gasteiger partial charge in [-0.1, -0.05) is 6.92 Å². The standard InChI is InChI=1S/C16H22N2O5/c1-4-10-22-13-8-6-12(7-9-13)15(20)23-11(3)14(19)18-16(21)17-5-2/h6-9,11H,4-5,10H2,1-3H3,(H2,17,18,19,21). The van der Waals surface area contributed by atoms with Gasteiger partial charge in [-0.15, -0.1) is 0 Å². The SMILES string of the molecule is CCCOc1ccc(C(=O)OC(C)C(=O)NC(=O)NCC)cc1. The van der Waals surface area contributed by atoms with Gasteiger partial charge >= 0.3 is 12.0 Å². The van der Waals surface area contributed by atoms with Crippen LogP contribution in [0.3, 0.4) is 0 Å². The van der Waals surface area contributed by atoms with Gasteiger partial charge in [0.2, 0.25) is 0 Å². The summed E-state index contributed by atoms with van der Waals surface area (Å²) in [5, 5.41) is 4.50. The number of esters is 1. The molecule has 0 saturated heterocycles. The van der Waals surface area contributed by atoms with E-state index in [1.165, 1.54) is 6.92 Å². The molecule has 3 amide bonds. The number of nitrogens with one attached hydrogen (secondary N) is 2. The molecule has 1 rings (SSSR count). The summed E-state index contributed by atoms with van der Waals surface area (Å²) in [6, 6.07) is 5.80. The Balaban J connectivity index is 2.54. The van der Waals surface area contributed by atoms with Crippen LogP contribution in [0.4, 0.5) is 4.79 Å². The molecule has 2 N–H and O–H groups in total. The summed E-state index contributed by atoms with van der Waals surface area (Å²) in [5.41, 5.74) is 0.298. The lowest BCUT2D eigenvalue weighted by Crippen LogP contribution is -2.44. The van der Waals surface area contributed by atoms with E-state index in [4.69, 9.17) is 9.47 Å². The van der Waals surface area contributed by atoms with Gasteiger partial charge < -0.3 is 14.8 Å². The van der Waals surface area contributed by atoms with Crippen LogP contribution in [-0.4, -0.2) is 37.2 Å². The van der Waals surface area contributed by atoms with Crippen molar-refractivity contribution in [3.63, 3.8) is 0 Å². The van der Waals surface area contributed by atoms with Crippen LogP contribution >= 0.6 is 0 Å². The van der Waals surface area contributed by atoms with Crippen molar-refractivity contribution < 1.29 is 23.9 Å². The van der Waals surface area contributed by atoms with Crippen molar-refractivity contribution >= 4 is 17.9 Å². The molecule has 0 aliphatic heterocycles. The van der Waals surface area contributed by atoms with Crippen LogP contribution in [0.5, 0.6) is 5.75 Å². The monoisotopic (exact) mass is 322 g/mol. The van der Waals surface area contributed by atoms with Gasteiger partial charge in [-0.25, -0.2) is 9.59 Å². The lowest BCUT2D eigenvalue weighted by atomic mass is 10.2. The fraction of sp³-hybridized carbons (Fsp3) is 0.438. The van der Waals surface area contributed by atoms with E-state index in [-0.39, 0.29) is 0 Å².